The molecule has 0 aromatic carbocycles. The number of nitrogens with one attached hydrogen (secondary N) is 2. The molecular formula is C11H24N2O. The van der Waals surface area contributed by atoms with Crippen LogP contribution in [-0.2, 0) is 4.79 Å². The molecule has 3 heteroatoms. The van der Waals surface area contributed by atoms with Crippen LogP contribution in [0.4, 0.5) is 0 Å². The second-order valence-corrected chi connectivity index (χ2v) is 5.14. The topological polar surface area (TPSA) is 41.1 Å². The lowest BCUT2D eigenvalue weighted by Gasteiger charge is -2.20. The first kappa shape index (κ1) is 13.4. The fraction of sp³-hybridized carbons (Fsp3) is 0.909. The minimum absolute atomic E-state index is 0.00931. The van der Waals surface area contributed by atoms with Crippen molar-refractivity contribution in [2.45, 2.75) is 46.6 Å². The van der Waals surface area contributed by atoms with E-state index in [1.54, 1.807) is 0 Å². The van der Waals surface area contributed by atoms with E-state index >= 15 is 0 Å². The molecule has 0 aliphatic heterocycles. The Bertz CT molecular complexity index is 171. The van der Waals surface area contributed by atoms with Gasteiger partial charge in [-0.2, -0.15) is 0 Å². The van der Waals surface area contributed by atoms with Crippen LogP contribution in [0.25, 0.3) is 0 Å². The van der Waals surface area contributed by atoms with Crippen LogP contribution in [0.3, 0.4) is 0 Å². The summed E-state index contributed by atoms with van der Waals surface area (Å²) in [5.74, 6) is 0.728. The quantitative estimate of drug-likeness (QED) is 0.707. The Kier molecular flexibility index (Phi) is 5.77. The second kappa shape index (κ2) is 6.02. The molecular weight excluding hydrogens is 176 g/mol. The fourth-order valence-corrected chi connectivity index (χ4v) is 0.908. The van der Waals surface area contributed by atoms with E-state index in [0.29, 0.717) is 12.5 Å². The number of rotatable bonds is 5. The average molecular weight is 200 g/mol. The smallest absolute Gasteiger partial charge is 0.233 e. The zero-order valence-electron chi connectivity index (χ0n) is 10.1. The summed E-state index contributed by atoms with van der Waals surface area (Å²) in [5, 5.41) is 6.03. The van der Waals surface area contributed by atoms with E-state index in [4.69, 9.17) is 0 Å². The maximum atomic E-state index is 11.3. The number of carbonyl (C=O) groups excluding carboxylic acids is 1. The molecule has 84 valence electrons. The SMILES string of the molecule is CC(C)CCNC(=O)CNC(C)(C)C. The Hall–Kier alpha value is -0.570. The molecule has 0 saturated carbocycles. The zero-order chi connectivity index (χ0) is 11.2. The Balaban J connectivity index is 3.47. The highest BCUT2D eigenvalue weighted by Crippen LogP contribution is 1.97. The van der Waals surface area contributed by atoms with Gasteiger partial charge < -0.3 is 10.6 Å². The molecule has 0 aromatic rings. The Morgan fingerprint density at radius 3 is 2.29 bits per heavy atom. The van der Waals surface area contributed by atoms with Crippen molar-refractivity contribution in [1.29, 1.82) is 0 Å². The van der Waals surface area contributed by atoms with Crippen molar-refractivity contribution < 1.29 is 4.79 Å². The summed E-state index contributed by atoms with van der Waals surface area (Å²) >= 11 is 0. The molecule has 0 rings (SSSR count). The molecule has 0 heterocycles. The molecule has 0 aromatic heterocycles. The van der Waals surface area contributed by atoms with Crippen LogP contribution in [-0.4, -0.2) is 24.5 Å². The van der Waals surface area contributed by atoms with Gasteiger partial charge in [0.05, 0.1) is 6.54 Å². The largest absolute Gasteiger partial charge is 0.355 e. The van der Waals surface area contributed by atoms with Gasteiger partial charge in [0.1, 0.15) is 0 Å². The molecule has 1 amide bonds. The number of hydrogen-bond donors (Lipinski definition) is 2. The Morgan fingerprint density at radius 1 is 1.29 bits per heavy atom. The predicted molar refractivity (Wildman–Crippen MR) is 60.2 cm³/mol. The predicted octanol–water partition coefficient (Wildman–Crippen LogP) is 1.54. The van der Waals surface area contributed by atoms with Crippen molar-refractivity contribution in [2.24, 2.45) is 5.92 Å². The van der Waals surface area contributed by atoms with Crippen LogP contribution in [0, 0.1) is 5.92 Å². The maximum Gasteiger partial charge on any atom is 0.233 e. The van der Waals surface area contributed by atoms with E-state index in [-0.39, 0.29) is 11.4 Å². The molecule has 14 heavy (non-hydrogen) atoms. The van der Waals surface area contributed by atoms with E-state index in [2.05, 4.69) is 24.5 Å². The molecule has 0 spiro atoms. The summed E-state index contributed by atoms with van der Waals surface area (Å²) in [7, 11) is 0. The average Bonchev–Trinajstić information content (AvgIpc) is 1.99. The lowest BCUT2D eigenvalue weighted by molar-refractivity contribution is -0.120. The van der Waals surface area contributed by atoms with E-state index in [9.17, 15) is 4.79 Å². The third kappa shape index (κ3) is 9.52. The highest BCUT2D eigenvalue weighted by Gasteiger charge is 2.10. The van der Waals surface area contributed by atoms with Gasteiger partial charge in [0.25, 0.3) is 0 Å². The Morgan fingerprint density at radius 2 is 1.86 bits per heavy atom. The minimum Gasteiger partial charge on any atom is -0.355 e. The first-order valence-electron chi connectivity index (χ1n) is 5.33. The number of carbonyl (C=O) groups is 1. The Labute approximate surface area is 87.6 Å². The van der Waals surface area contributed by atoms with Crippen molar-refractivity contribution in [3.05, 3.63) is 0 Å². The molecule has 0 radical (unpaired) electrons. The third-order valence-electron chi connectivity index (χ3n) is 1.82. The molecule has 0 aliphatic rings. The summed E-state index contributed by atoms with van der Waals surface area (Å²) in [6.45, 7) is 11.6. The molecule has 0 aliphatic carbocycles. The van der Waals surface area contributed by atoms with E-state index in [1.165, 1.54) is 0 Å². The summed E-state index contributed by atoms with van der Waals surface area (Å²) in [5.41, 5.74) is 0.00931. The van der Waals surface area contributed by atoms with Gasteiger partial charge in [-0.25, -0.2) is 0 Å². The van der Waals surface area contributed by atoms with Crippen LogP contribution >= 0.6 is 0 Å². The van der Waals surface area contributed by atoms with Crippen LogP contribution in [0.5, 0.6) is 0 Å². The zero-order valence-corrected chi connectivity index (χ0v) is 10.1. The van der Waals surface area contributed by atoms with Crippen molar-refractivity contribution in [3.63, 3.8) is 0 Å². The van der Waals surface area contributed by atoms with E-state index in [1.807, 2.05) is 20.8 Å². The number of hydrogen-bond acceptors (Lipinski definition) is 2. The van der Waals surface area contributed by atoms with Gasteiger partial charge in [-0.1, -0.05) is 13.8 Å². The maximum absolute atomic E-state index is 11.3. The van der Waals surface area contributed by atoms with Gasteiger partial charge in [0.2, 0.25) is 5.91 Å². The fourth-order valence-electron chi connectivity index (χ4n) is 0.908. The standard InChI is InChI=1S/C11H24N2O/c1-9(2)6-7-12-10(14)8-13-11(3,4)5/h9,13H,6-8H2,1-5H3,(H,12,14). The van der Waals surface area contributed by atoms with Gasteiger partial charge in [-0.05, 0) is 33.1 Å². The summed E-state index contributed by atoms with van der Waals surface area (Å²) in [6.07, 6.45) is 1.04. The third-order valence-corrected chi connectivity index (χ3v) is 1.82. The minimum atomic E-state index is 0.00931. The van der Waals surface area contributed by atoms with Gasteiger partial charge in [-0.3, -0.25) is 4.79 Å². The van der Waals surface area contributed by atoms with Gasteiger partial charge in [0.15, 0.2) is 0 Å². The molecule has 3 nitrogen and oxygen atoms in total. The first-order chi connectivity index (χ1) is 6.31. The summed E-state index contributed by atoms with van der Waals surface area (Å²) in [6, 6.07) is 0. The summed E-state index contributed by atoms with van der Waals surface area (Å²) in [4.78, 5) is 11.3. The van der Waals surface area contributed by atoms with E-state index in [0.717, 1.165) is 13.0 Å². The highest BCUT2D eigenvalue weighted by atomic mass is 16.1. The summed E-state index contributed by atoms with van der Waals surface area (Å²) < 4.78 is 0. The van der Waals surface area contributed by atoms with Crippen molar-refractivity contribution in [1.82, 2.24) is 10.6 Å². The van der Waals surface area contributed by atoms with Crippen LogP contribution in [0.2, 0.25) is 0 Å². The van der Waals surface area contributed by atoms with Crippen molar-refractivity contribution >= 4 is 5.91 Å². The van der Waals surface area contributed by atoms with E-state index < -0.39 is 0 Å². The van der Waals surface area contributed by atoms with Crippen LogP contribution < -0.4 is 10.6 Å². The van der Waals surface area contributed by atoms with Gasteiger partial charge >= 0.3 is 0 Å². The lowest BCUT2D eigenvalue weighted by Crippen LogP contribution is -2.43. The lowest BCUT2D eigenvalue weighted by atomic mass is 10.1. The number of amides is 1. The highest BCUT2D eigenvalue weighted by molar-refractivity contribution is 5.78. The molecule has 0 saturated heterocycles. The second-order valence-electron chi connectivity index (χ2n) is 5.14. The molecule has 0 fully saturated rings. The van der Waals surface area contributed by atoms with Crippen molar-refractivity contribution in [2.75, 3.05) is 13.1 Å². The van der Waals surface area contributed by atoms with Crippen molar-refractivity contribution in [3.8, 4) is 0 Å². The molecule has 0 unspecified atom stereocenters. The van der Waals surface area contributed by atoms with Crippen LogP contribution in [0.1, 0.15) is 41.0 Å². The van der Waals surface area contributed by atoms with Crippen LogP contribution in [0.15, 0.2) is 0 Å². The monoisotopic (exact) mass is 200 g/mol. The normalized spacial score (nSPS) is 11.9. The molecule has 0 atom stereocenters. The van der Waals surface area contributed by atoms with Gasteiger partial charge in [0, 0.05) is 12.1 Å². The van der Waals surface area contributed by atoms with Gasteiger partial charge in [-0.15, -0.1) is 0 Å². The first-order valence-corrected chi connectivity index (χ1v) is 5.33. The molecule has 0 bridgehead atoms. The molecule has 2 N–H and O–H groups in total.